The first-order chi connectivity index (χ1) is 7.13. The molecule has 0 aromatic carbocycles. The van der Waals surface area contributed by atoms with Gasteiger partial charge < -0.3 is 5.32 Å². The van der Waals surface area contributed by atoms with Crippen LogP contribution in [-0.4, -0.2) is 12.6 Å². The van der Waals surface area contributed by atoms with Gasteiger partial charge in [-0.2, -0.15) is 5.26 Å². The van der Waals surface area contributed by atoms with Crippen molar-refractivity contribution in [2.24, 2.45) is 17.8 Å². The van der Waals surface area contributed by atoms with Crippen LogP contribution in [0.25, 0.3) is 0 Å². The minimum absolute atomic E-state index is 0.143. The van der Waals surface area contributed by atoms with Gasteiger partial charge >= 0.3 is 0 Å². The second kappa shape index (κ2) is 6.12. The fraction of sp³-hybridized carbons (Fsp3) is 0.923. The maximum Gasteiger partial charge on any atom is 0.0666 e. The number of nitrogens with one attached hydrogen (secondary N) is 1. The van der Waals surface area contributed by atoms with Crippen LogP contribution in [0.2, 0.25) is 0 Å². The monoisotopic (exact) mass is 208 g/mol. The molecule has 0 bridgehead atoms. The Morgan fingerprint density at radius 2 is 2.07 bits per heavy atom. The van der Waals surface area contributed by atoms with Gasteiger partial charge in [0.25, 0.3) is 0 Å². The summed E-state index contributed by atoms with van der Waals surface area (Å²) in [6.07, 6.45) is 5.34. The number of nitriles is 1. The lowest BCUT2D eigenvalue weighted by atomic mass is 9.79. The Labute approximate surface area is 94.1 Å². The van der Waals surface area contributed by atoms with Gasteiger partial charge in [-0.25, -0.2) is 0 Å². The van der Waals surface area contributed by atoms with Gasteiger partial charge in [-0.15, -0.1) is 0 Å². The molecule has 1 aliphatic rings. The molecule has 1 aliphatic carbocycles. The first-order valence-corrected chi connectivity index (χ1v) is 6.26. The van der Waals surface area contributed by atoms with E-state index in [1.54, 1.807) is 0 Å². The van der Waals surface area contributed by atoms with E-state index in [0.717, 1.165) is 18.4 Å². The Morgan fingerprint density at radius 1 is 1.33 bits per heavy atom. The first kappa shape index (κ1) is 12.5. The fourth-order valence-electron chi connectivity index (χ4n) is 2.41. The number of hydrogen-bond acceptors (Lipinski definition) is 2. The zero-order valence-electron chi connectivity index (χ0n) is 10.3. The van der Waals surface area contributed by atoms with E-state index >= 15 is 0 Å². The van der Waals surface area contributed by atoms with Gasteiger partial charge in [0.1, 0.15) is 0 Å². The van der Waals surface area contributed by atoms with Gasteiger partial charge in [0, 0.05) is 12.6 Å². The average Bonchev–Trinajstić information content (AvgIpc) is 2.26. The molecule has 15 heavy (non-hydrogen) atoms. The summed E-state index contributed by atoms with van der Waals surface area (Å²) in [5.74, 6) is 1.83. The summed E-state index contributed by atoms with van der Waals surface area (Å²) in [5.41, 5.74) is 0. The van der Waals surface area contributed by atoms with E-state index in [2.05, 4.69) is 25.2 Å². The van der Waals surface area contributed by atoms with Gasteiger partial charge in [-0.05, 0) is 31.6 Å². The highest BCUT2D eigenvalue weighted by Gasteiger charge is 2.23. The molecule has 0 spiro atoms. The molecule has 3 unspecified atom stereocenters. The van der Waals surface area contributed by atoms with E-state index < -0.39 is 0 Å². The Kier molecular flexibility index (Phi) is 5.11. The van der Waals surface area contributed by atoms with Crippen molar-refractivity contribution in [1.29, 1.82) is 5.26 Å². The SMILES string of the molecule is CC(C#N)CNC1CCCC(C(C)C)C1. The van der Waals surface area contributed by atoms with Crippen molar-refractivity contribution in [3.05, 3.63) is 0 Å². The van der Waals surface area contributed by atoms with E-state index in [4.69, 9.17) is 5.26 Å². The smallest absolute Gasteiger partial charge is 0.0666 e. The van der Waals surface area contributed by atoms with Crippen molar-refractivity contribution in [3.63, 3.8) is 0 Å². The summed E-state index contributed by atoms with van der Waals surface area (Å²) in [4.78, 5) is 0. The second-order valence-corrected chi connectivity index (χ2v) is 5.31. The van der Waals surface area contributed by atoms with E-state index in [1.807, 2.05) is 6.92 Å². The maximum atomic E-state index is 8.71. The molecule has 2 heteroatoms. The maximum absolute atomic E-state index is 8.71. The molecule has 86 valence electrons. The molecular formula is C13H24N2. The normalized spacial score (nSPS) is 28.7. The molecule has 0 aromatic rings. The molecule has 3 atom stereocenters. The summed E-state index contributed by atoms with van der Waals surface area (Å²) in [6.45, 7) is 7.48. The van der Waals surface area contributed by atoms with E-state index in [-0.39, 0.29) is 5.92 Å². The lowest BCUT2D eigenvalue weighted by Crippen LogP contribution is -2.37. The summed E-state index contributed by atoms with van der Waals surface area (Å²) >= 11 is 0. The fourth-order valence-corrected chi connectivity index (χ4v) is 2.41. The Hall–Kier alpha value is -0.550. The van der Waals surface area contributed by atoms with Crippen molar-refractivity contribution in [2.75, 3.05) is 6.54 Å². The van der Waals surface area contributed by atoms with Gasteiger partial charge in [-0.1, -0.05) is 26.7 Å². The molecule has 0 aromatic heterocycles. The number of hydrogen-bond donors (Lipinski definition) is 1. The molecule has 0 amide bonds. The van der Waals surface area contributed by atoms with Crippen molar-refractivity contribution < 1.29 is 0 Å². The minimum atomic E-state index is 0.143. The summed E-state index contributed by atoms with van der Waals surface area (Å²) in [7, 11) is 0. The highest BCUT2D eigenvalue weighted by atomic mass is 14.9. The van der Waals surface area contributed by atoms with Crippen LogP contribution in [0, 0.1) is 29.1 Å². The van der Waals surface area contributed by atoms with Crippen molar-refractivity contribution in [3.8, 4) is 6.07 Å². The molecule has 0 radical (unpaired) electrons. The molecule has 2 nitrogen and oxygen atoms in total. The Morgan fingerprint density at radius 3 is 2.67 bits per heavy atom. The predicted molar refractivity (Wildman–Crippen MR) is 63.4 cm³/mol. The van der Waals surface area contributed by atoms with E-state index in [0.29, 0.717) is 6.04 Å². The molecule has 1 N–H and O–H groups in total. The third-order valence-electron chi connectivity index (χ3n) is 3.59. The van der Waals surface area contributed by atoms with Gasteiger partial charge in [0.2, 0.25) is 0 Å². The number of nitrogens with zero attached hydrogens (tertiary/aromatic N) is 1. The Bertz CT molecular complexity index is 217. The van der Waals surface area contributed by atoms with E-state index in [1.165, 1.54) is 25.7 Å². The zero-order chi connectivity index (χ0) is 11.3. The summed E-state index contributed by atoms with van der Waals surface area (Å²) < 4.78 is 0. The highest BCUT2D eigenvalue weighted by Crippen LogP contribution is 2.29. The summed E-state index contributed by atoms with van der Waals surface area (Å²) in [5, 5.41) is 12.2. The first-order valence-electron chi connectivity index (χ1n) is 6.26. The lowest BCUT2D eigenvalue weighted by Gasteiger charge is -2.32. The third kappa shape index (κ3) is 4.22. The number of rotatable bonds is 4. The van der Waals surface area contributed by atoms with Crippen LogP contribution in [0.3, 0.4) is 0 Å². The largest absolute Gasteiger partial charge is 0.313 e. The molecule has 0 aliphatic heterocycles. The standard InChI is InChI=1S/C13H24N2/c1-10(2)12-5-4-6-13(7-12)15-9-11(3)8-14/h10-13,15H,4-7,9H2,1-3H3. The highest BCUT2D eigenvalue weighted by molar-refractivity contribution is 4.84. The molecule has 0 heterocycles. The van der Waals surface area contributed by atoms with Crippen molar-refractivity contribution in [2.45, 2.75) is 52.5 Å². The predicted octanol–water partition coefficient (Wildman–Crippen LogP) is 2.95. The van der Waals surface area contributed by atoms with Crippen LogP contribution in [0.4, 0.5) is 0 Å². The van der Waals surface area contributed by atoms with Gasteiger partial charge in [0.15, 0.2) is 0 Å². The zero-order valence-corrected chi connectivity index (χ0v) is 10.3. The van der Waals surface area contributed by atoms with Gasteiger partial charge in [0.05, 0.1) is 12.0 Å². The summed E-state index contributed by atoms with van der Waals surface area (Å²) in [6, 6.07) is 2.93. The molecule has 0 saturated heterocycles. The van der Waals surface area contributed by atoms with Crippen LogP contribution in [0.1, 0.15) is 46.5 Å². The van der Waals surface area contributed by atoms with Crippen molar-refractivity contribution >= 4 is 0 Å². The molecular weight excluding hydrogens is 184 g/mol. The van der Waals surface area contributed by atoms with Crippen molar-refractivity contribution in [1.82, 2.24) is 5.32 Å². The van der Waals surface area contributed by atoms with Gasteiger partial charge in [-0.3, -0.25) is 0 Å². The molecule has 1 rings (SSSR count). The average molecular weight is 208 g/mol. The van der Waals surface area contributed by atoms with Crippen LogP contribution in [-0.2, 0) is 0 Å². The van der Waals surface area contributed by atoms with Crippen LogP contribution >= 0.6 is 0 Å². The van der Waals surface area contributed by atoms with Crippen LogP contribution < -0.4 is 5.32 Å². The lowest BCUT2D eigenvalue weighted by molar-refractivity contribution is 0.230. The Balaban J connectivity index is 2.28. The van der Waals surface area contributed by atoms with E-state index in [9.17, 15) is 0 Å². The molecule has 1 saturated carbocycles. The second-order valence-electron chi connectivity index (χ2n) is 5.31. The third-order valence-corrected chi connectivity index (χ3v) is 3.59. The van der Waals surface area contributed by atoms with Crippen LogP contribution in [0.15, 0.2) is 0 Å². The molecule has 1 fully saturated rings. The topological polar surface area (TPSA) is 35.8 Å². The minimum Gasteiger partial charge on any atom is -0.313 e. The quantitative estimate of drug-likeness (QED) is 0.771. The van der Waals surface area contributed by atoms with Crippen LogP contribution in [0.5, 0.6) is 0 Å².